The van der Waals surface area contributed by atoms with E-state index in [2.05, 4.69) is 64.5 Å². The zero-order valence-electron chi connectivity index (χ0n) is 64.4. The van der Waals surface area contributed by atoms with Gasteiger partial charge >= 0.3 is 29.8 Å². The number of thiol groups is 1. The average Bonchev–Trinajstić information content (AvgIpc) is 0.808. The van der Waals surface area contributed by atoms with E-state index in [1.165, 1.54) is 37.4 Å². The molecule has 1 aromatic carbocycles. The van der Waals surface area contributed by atoms with E-state index in [1.807, 2.05) is 0 Å². The number of Topliss-reactive ketones (excluding diaryl/α,β-unsaturated/α-hetero) is 4. The van der Waals surface area contributed by atoms with Crippen molar-refractivity contribution in [2.45, 2.75) is 227 Å². The number of anilines is 2. The van der Waals surface area contributed by atoms with Crippen LogP contribution >= 0.6 is 12.6 Å². The molecule has 3 rings (SSSR count). The molecule has 47 nitrogen and oxygen atoms in total. The predicted octanol–water partition coefficient (Wildman–Crippen LogP) is -9.39. The van der Waals surface area contributed by atoms with Gasteiger partial charge in [-0.2, -0.15) is 17.6 Å². The minimum atomic E-state index is -2.18. The van der Waals surface area contributed by atoms with Crippen LogP contribution in [0.4, 0.5) is 11.6 Å². The minimum absolute atomic E-state index is 0.0113. The Bertz CT molecular complexity index is 3920. The Morgan fingerprint density at radius 3 is 1.29 bits per heavy atom. The van der Waals surface area contributed by atoms with E-state index in [4.69, 9.17) is 31.3 Å². The molecule has 0 radical (unpaired) electrons. The van der Waals surface area contributed by atoms with Crippen molar-refractivity contribution in [1.29, 1.82) is 0 Å². The number of aliphatic hydroxyl groups is 16. The van der Waals surface area contributed by atoms with E-state index in [1.54, 1.807) is 0 Å². The van der Waals surface area contributed by atoms with Gasteiger partial charge in [0.25, 0.3) is 11.5 Å². The van der Waals surface area contributed by atoms with Crippen molar-refractivity contribution in [3.05, 3.63) is 52.1 Å². The Morgan fingerprint density at radius 2 is 0.882 bits per heavy atom. The summed E-state index contributed by atoms with van der Waals surface area (Å²) in [4.78, 5) is 201. The Balaban J connectivity index is 0.000000913. The first kappa shape index (κ1) is 105. The van der Waals surface area contributed by atoms with Crippen LogP contribution in [0.5, 0.6) is 0 Å². The van der Waals surface area contributed by atoms with Crippen LogP contribution in [0.15, 0.2) is 35.3 Å². The first-order valence-electron chi connectivity index (χ1n) is 36.9. The van der Waals surface area contributed by atoms with Gasteiger partial charge in [0.05, 0.1) is 69.2 Å². The van der Waals surface area contributed by atoms with E-state index in [0.29, 0.717) is 11.4 Å². The van der Waals surface area contributed by atoms with Gasteiger partial charge in [-0.3, -0.25) is 62.5 Å². The fourth-order valence-electron chi connectivity index (χ4n) is 11.8. The standard InChI is InChI=1S/C45H63N9O20.C26H44N2O16S/c1-20(2-10-33(62)63)49-32(61)15-29(37(67)39(69)31(60)19-56)52-42(71)22(5-11-34(64)65)12-27(58)14-23(36(66)38(68)30(59)18-55)13-26(57)8-9-28(44(73)74)51-41(70)21-3-6-24(7-4-21)47-16-25-17-48-40-35(50-25)43(72)54-45(46)53-40;1-11(31)4-13(21(38)23(40)17(33)8-29)6-14(32)5-12(2-3-20(36)37)25(42)28-15(22(39)24(41)18(34)9-30)7-19(35)27-16(10-45)26(43)44/h3-4,6-7,17,20,22-23,28-31,36-39,47,55-56,59-60,66-69H,2,5,8-16,18-19H2,1H3,(H,49,61)(H,51,70)(H,52,71)(H,62,63)(H,64,65)(H,73,74)(H3,46,48,53,54,72);12-13,15-18,21-24,29-30,33-34,38-41,45H,2-10H2,1H3,(H,27,35)(H,28,42)(H,36,37)(H,43,44)/t20-,22-,23-,28+,29-,30-,31-,36-,37-,38-,39-;12-,13-,15-,16+,17-,18-,21-,22-,23-,24-/m11/s1. The third-order valence-corrected chi connectivity index (χ3v) is 18.9. The molecular weight excluding hydrogens is 1610 g/mol. The summed E-state index contributed by atoms with van der Waals surface area (Å²) in [5.41, 5.74) is 5.80. The van der Waals surface area contributed by atoms with Crippen LogP contribution < -0.4 is 43.2 Å². The third-order valence-electron chi connectivity index (χ3n) is 18.5. The van der Waals surface area contributed by atoms with Gasteiger partial charge in [-0.1, -0.05) is 0 Å². The first-order chi connectivity index (χ1) is 55.7. The lowest BCUT2D eigenvalue weighted by Gasteiger charge is -2.31. The Labute approximate surface area is 681 Å². The van der Waals surface area contributed by atoms with E-state index in [9.17, 15) is 154 Å². The third kappa shape index (κ3) is 37.5. The van der Waals surface area contributed by atoms with Gasteiger partial charge < -0.3 is 150 Å². The number of ketones is 4. The zero-order valence-corrected chi connectivity index (χ0v) is 65.3. The smallest absolute Gasteiger partial charge is 0.327 e. The summed E-state index contributed by atoms with van der Waals surface area (Å²) in [6, 6.07) is -1.74. The van der Waals surface area contributed by atoms with Gasteiger partial charge in [0.2, 0.25) is 29.6 Å². The molecule has 48 heteroatoms. The van der Waals surface area contributed by atoms with Crippen LogP contribution in [-0.4, -0.2) is 345 Å². The lowest BCUT2D eigenvalue weighted by Crippen LogP contribution is -2.56. The van der Waals surface area contributed by atoms with E-state index >= 15 is 0 Å². The highest BCUT2D eigenvalue weighted by Gasteiger charge is 2.41. The number of carboxylic acid groups (broad SMARTS) is 5. The number of nitrogens with two attached hydrogens (primary N) is 1. The number of carbonyl (C=O) groups excluding carboxylic acids is 9. The fraction of sp³-hybridized carbons (Fsp3) is 0.634. The second-order valence-corrected chi connectivity index (χ2v) is 28.6. The number of hydrogen-bond acceptors (Lipinski definition) is 37. The molecule has 3 aromatic rings. The molecule has 2 heterocycles. The number of aliphatic carboxylic acids is 5. The molecule has 0 aliphatic rings. The summed E-state index contributed by atoms with van der Waals surface area (Å²) >= 11 is 3.80. The second kappa shape index (κ2) is 52.9. The minimum Gasteiger partial charge on any atom is -0.481 e. The van der Waals surface area contributed by atoms with Crippen LogP contribution in [0.25, 0.3) is 11.2 Å². The molecule has 30 N–H and O–H groups in total. The maximum Gasteiger partial charge on any atom is 0.327 e. The summed E-state index contributed by atoms with van der Waals surface area (Å²) in [6.45, 7) is -1.48. The number of H-pyrrole nitrogens is 1. The molecule has 2 aromatic heterocycles. The van der Waals surface area contributed by atoms with Crippen molar-refractivity contribution in [3.8, 4) is 0 Å². The van der Waals surface area contributed by atoms with Crippen molar-refractivity contribution in [2.75, 3.05) is 43.2 Å². The topological polar surface area (TPSA) is 834 Å². The number of amides is 5. The highest BCUT2D eigenvalue weighted by atomic mass is 32.1. The fourth-order valence-corrected chi connectivity index (χ4v) is 12.1. The number of aromatic amines is 1. The number of nitrogens with one attached hydrogen (secondary N) is 7. The molecule has 0 saturated carbocycles. The lowest BCUT2D eigenvalue weighted by atomic mass is 9.83. The van der Waals surface area contributed by atoms with Crippen LogP contribution in [0.2, 0.25) is 0 Å². The summed E-state index contributed by atoms with van der Waals surface area (Å²) in [5.74, 6) is -21.6. The molecule has 0 bridgehead atoms. The van der Waals surface area contributed by atoms with Gasteiger partial charge in [0.1, 0.15) is 96.3 Å². The average molecular weight is 1720 g/mol. The molecule has 0 fully saturated rings. The van der Waals surface area contributed by atoms with Crippen molar-refractivity contribution in [3.63, 3.8) is 0 Å². The van der Waals surface area contributed by atoms with Gasteiger partial charge in [-0.15, -0.1) is 0 Å². The molecule has 668 valence electrons. The molecule has 0 aliphatic heterocycles. The van der Waals surface area contributed by atoms with Crippen LogP contribution in [0.1, 0.15) is 133 Å². The molecule has 5 amide bonds. The molecule has 0 aliphatic carbocycles. The number of rotatable bonds is 58. The van der Waals surface area contributed by atoms with E-state index < -0.39 is 332 Å². The molecule has 119 heavy (non-hydrogen) atoms. The maximum atomic E-state index is 13.7. The van der Waals surface area contributed by atoms with Gasteiger partial charge in [-0.25, -0.2) is 19.6 Å². The predicted molar refractivity (Wildman–Crippen MR) is 407 cm³/mol. The largest absolute Gasteiger partial charge is 0.481 e. The number of aliphatic hydroxyl groups excluding tert-OH is 16. The van der Waals surface area contributed by atoms with Gasteiger partial charge in [0, 0.05) is 124 Å². The second-order valence-electron chi connectivity index (χ2n) is 28.2. The SMILES string of the molecule is CC(=O)C[C@H](CC(=O)C[C@@H](CCC(=O)O)C(=O)N[C@H](CC(=O)N[C@@H](CS)C(=O)O)[C@@H](O)[C@H](O)[C@H](O)CO)[C@@H](O)[C@H](O)[C@H](O)CO.C[C@H](CCC(=O)O)NC(=O)C[C@@H](NC(=O)[C@H](CCC(=O)O)CC(=O)C[C@@H](CC(=O)CC[C@H](NC(=O)c1ccc(NCc2cnc3nc(N)[nH]c(=O)c3n2)cc1)C(=O)O)[C@@H](O)[C@H](O)[C@H](O)CO)[C@@H](O)[C@H](O)[C@H](O)CO. The highest BCUT2D eigenvalue weighted by molar-refractivity contribution is 7.80. The van der Waals surface area contributed by atoms with Crippen molar-refractivity contribution in [1.82, 2.24) is 46.5 Å². The van der Waals surface area contributed by atoms with Crippen molar-refractivity contribution >= 4 is 118 Å². The number of fused-ring (bicyclic) bond motifs is 1. The van der Waals surface area contributed by atoms with E-state index in [0.717, 1.165) is 6.92 Å². The number of carbonyl (C=O) groups is 14. The maximum absolute atomic E-state index is 13.7. The summed E-state index contributed by atoms with van der Waals surface area (Å²) in [7, 11) is 0. The normalized spacial score (nSPS) is 16.8. The lowest BCUT2D eigenvalue weighted by molar-refractivity contribution is -0.142. The summed E-state index contributed by atoms with van der Waals surface area (Å²) in [6.07, 6.45) is -33.0. The number of carboxylic acids is 5. The summed E-state index contributed by atoms with van der Waals surface area (Å²) < 4.78 is 0. The van der Waals surface area contributed by atoms with Crippen LogP contribution in [-0.2, 0) is 68.9 Å². The first-order valence-corrected chi connectivity index (χ1v) is 37.6. The molecular formula is C71H107N11O36S. The number of aromatic nitrogens is 4. The van der Waals surface area contributed by atoms with Crippen LogP contribution in [0, 0.1) is 23.7 Å². The number of benzene rings is 1. The number of nitrogen functional groups attached to an aromatic ring is 1. The Morgan fingerprint density at radius 1 is 0.471 bits per heavy atom. The number of hydrogen-bond donors (Lipinski definition) is 30. The Kier molecular flexibility index (Phi) is 46.8. The van der Waals surface area contributed by atoms with Gasteiger partial charge in [-0.05, 0) is 63.8 Å². The number of nitrogens with zero attached hydrogens (tertiary/aromatic N) is 3. The quantitative estimate of drug-likeness (QED) is 0.0233. The van der Waals surface area contributed by atoms with Gasteiger partial charge in [0.15, 0.2) is 11.2 Å². The molecule has 0 unspecified atom stereocenters. The molecule has 21 atom stereocenters. The summed E-state index contributed by atoms with van der Waals surface area (Å²) in [5, 5.41) is 222. The monoisotopic (exact) mass is 1720 g/mol. The van der Waals surface area contributed by atoms with Crippen LogP contribution in [0.3, 0.4) is 0 Å². The van der Waals surface area contributed by atoms with Crippen molar-refractivity contribution < 1.29 is 174 Å². The highest BCUT2D eigenvalue weighted by Crippen LogP contribution is 2.27. The molecule has 0 saturated heterocycles. The molecule has 0 spiro atoms. The Hall–Kier alpha value is -9.87. The zero-order chi connectivity index (χ0) is 90.4. The van der Waals surface area contributed by atoms with E-state index in [-0.39, 0.29) is 47.8 Å². The van der Waals surface area contributed by atoms with Crippen molar-refractivity contribution in [2.24, 2.45) is 23.7 Å².